The maximum atomic E-state index is 12.7. The second-order valence-corrected chi connectivity index (χ2v) is 7.32. The Kier molecular flexibility index (Phi) is 5.62. The Morgan fingerprint density at radius 2 is 1.97 bits per heavy atom. The van der Waals surface area contributed by atoms with E-state index in [0.29, 0.717) is 26.0 Å². The number of hydrogen-bond donors (Lipinski definition) is 2. The predicted octanol–water partition coefficient (Wildman–Crippen LogP) is 3.80. The van der Waals surface area contributed by atoms with Crippen LogP contribution in [-0.4, -0.2) is 48.0 Å². The van der Waals surface area contributed by atoms with Crippen molar-refractivity contribution in [1.82, 2.24) is 9.88 Å². The molecule has 2 aromatic carbocycles. The van der Waals surface area contributed by atoms with E-state index in [-0.39, 0.29) is 11.8 Å². The van der Waals surface area contributed by atoms with Crippen molar-refractivity contribution >= 4 is 28.4 Å². The van der Waals surface area contributed by atoms with E-state index < -0.39 is 6.04 Å². The van der Waals surface area contributed by atoms with Crippen molar-refractivity contribution in [2.24, 2.45) is 0 Å². The molecule has 0 spiro atoms. The smallest absolute Gasteiger partial charge is 0.247 e. The van der Waals surface area contributed by atoms with Crippen molar-refractivity contribution in [1.29, 1.82) is 0 Å². The number of likely N-dealkylation sites (tertiary alicyclic amines) is 1. The third-order valence-corrected chi connectivity index (χ3v) is 5.39. The summed E-state index contributed by atoms with van der Waals surface area (Å²) in [7, 11) is 1.57. The summed E-state index contributed by atoms with van der Waals surface area (Å²) >= 11 is 0. The largest absolute Gasteiger partial charge is 0.384 e. The lowest BCUT2D eigenvalue weighted by Crippen LogP contribution is -2.43. The van der Waals surface area contributed by atoms with Gasteiger partial charge >= 0.3 is 0 Å². The van der Waals surface area contributed by atoms with Gasteiger partial charge in [-0.25, -0.2) is 0 Å². The number of nitrogens with zero attached hydrogens (tertiary/aromatic N) is 1. The second-order valence-electron chi connectivity index (χ2n) is 7.32. The Morgan fingerprint density at radius 3 is 2.72 bits per heavy atom. The monoisotopic (exact) mass is 391 g/mol. The van der Waals surface area contributed by atoms with Gasteiger partial charge in [0, 0.05) is 35.9 Å². The van der Waals surface area contributed by atoms with Gasteiger partial charge in [-0.05, 0) is 42.7 Å². The molecule has 1 fully saturated rings. The van der Waals surface area contributed by atoms with E-state index in [1.807, 2.05) is 36.4 Å². The zero-order chi connectivity index (χ0) is 20.2. The number of aromatic amines is 1. The Bertz CT molecular complexity index is 977. The van der Waals surface area contributed by atoms with E-state index in [2.05, 4.69) is 28.5 Å². The van der Waals surface area contributed by atoms with Crippen LogP contribution in [0.3, 0.4) is 0 Å². The van der Waals surface area contributed by atoms with Gasteiger partial charge in [0.15, 0.2) is 0 Å². The molecule has 0 saturated carbocycles. The number of amides is 2. The van der Waals surface area contributed by atoms with Crippen molar-refractivity contribution < 1.29 is 14.3 Å². The fourth-order valence-electron chi connectivity index (χ4n) is 3.86. The van der Waals surface area contributed by atoms with Gasteiger partial charge in [-0.3, -0.25) is 9.59 Å². The molecule has 2 N–H and O–H groups in total. The van der Waals surface area contributed by atoms with E-state index in [1.54, 1.807) is 12.0 Å². The molecule has 0 radical (unpaired) electrons. The molecule has 0 unspecified atom stereocenters. The number of ether oxygens (including phenoxy) is 1. The topological polar surface area (TPSA) is 74.4 Å². The lowest BCUT2D eigenvalue weighted by Gasteiger charge is -2.24. The highest BCUT2D eigenvalue weighted by molar-refractivity contribution is 5.97. The summed E-state index contributed by atoms with van der Waals surface area (Å²) in [5.41, 5.74) is 3.91. The number of benzene rings is 2. The number of carbonyl (C=O) groups excluding carboxylic acids is 2. The van der Waals surface area contributed by atoms with Gasteiger partial charge in [0.25, 0.3) is 0 Å². The zero-order valence-electron chi connectivity index (χ0n) is 16.5. The molecule has 1 atom stereocenters. The van der Waals surface area contributed by atoms with Crippen LogP contribution in [0.1, 0.15) is 19.3 Å². The maximum Gasteiger partial charge on any atom is 0.247 e. The molecule has 29 heavy (non-hydrogen) atoms. The molecule has 1 saturated heterocycles. The molecular formula is C23H25N3O3. The molecule has 2 heterocycles. The Labute approximate surface area is 169 Å². The van der Waals surface area contributed by atoms with Crippen LogP contribution < -0.4 is 5.32 Å². The molecule has 0 bridgehead atoms. The molecule has 2 amide bonds. The SMILES string of the molecule is COCCC(=O)N1CCC[C@@H]1C(=O)Nc1ccc(-c2cc3ccccc3[nH]2)cc1. The minimum Gasteiger partial charge on any atom is -0.384 e. The summed E-state index contributed by atoms with van der Waals surface area (Å²) in [6.45, 7) is 0.999. The first kappa shape index (κ1) is 19.2. The number of nitrogens with one attached hydrogen (secondary N) is 2. The van der Waals surface area contributed by atoms with Gasteiger partial charge in [0.05, 0.1) is 13.0 Å². The number of carbonyl (C=O) groups is 2. The molecule has 3 aromatic rings. The van der Waals surface area contributed by atoms with Crippen LogP contribution in [0.5, 0.6) is 0 Å². The molecule has 1 aliphatic rings. The first-order chi connectivity index (χ1) is 14.2. The van der Waals surface area contributed by atoms with E-state index in [0.717, 1.165) is 28.9 Å². The molecule has 1 aromatic heterocycles. The molecule has 6 nitrogen and oxygen atoms in total. The first-order valence-electron chi connectivity index (χ1n) is 9.93. The van der Waals surface area contributed by atoms with E-state index in [4.69, 9.17) is 4.74 Å². The standard InChI is InChI=1S/C23H25N3O3/c1-29-14-12-22(27)26-13-4-7-21(26)23(28)24-18-10-8-16(9-11-18)20-15-17-5-2-3-6-19(17)25-20/h2-3,5-6,8-11,15,21,25H,4,7,12-14H2,1H3,(H,24,28)/t21-/m1/s1. The average molecular weight is 391 g/mol. The highest BCUT2D eigenvalue weighted by Crippen LogP contribution is 2.26. The van der Waals surface area contributed by atoms with Crippen molar-refractivity contribution in [3.8, 4) is 11.3 Å². The van der Waals surface area contributed by atoms with Crippen molar-refractivity contribution in [3.05, 3.63) is 54.6 Å². The summed E-state index contributed by atoms with van der Waals surface area (Å²) in [5, 5.41) is 4.12. The van der Waals surface area contributed by atoms with Crippen LogP contribution in [-0.2, 0) is 14.3 Å². The fourth-order valence-corrected chi connectivity index (χ4v) is 3.86. The van der Waals surface area contributed by atoms with E-state index >= 15 is 0 Å². The number of H-pyrrole nitrogens is 1. The summed E-state index contributed by atoms with van der Waals surface area (Å²) in [4.78, 5) is 30.1. The number of hydrogen-bond acceptors (Lipinski definition) is 3. The van der Waals surface area contributed by atoms with Gasteiger partial charge in [-0.2, -0.15) is 0 Å². The van der Waals surface area contributed by atoms with Crippen molar-refractivity contribution in [2.75, 3.05) is 25.6 Å². The summed E-state index contributed by atoms with van der Waals surface area (Å²) in [6.07, 6.45) is 1.84. The van der Waals surface area contributed by atoms with Crippen molar-refractivity contribution in [3.63, 3.8) is 0 Å². The third-order valence-electron chi connectivity index (χ3n) is 5.39. The minimum absolute atomic E-state index is 0.0290. The lowest BCUT2D eigenvalue weighted by molar-refractivity contribution is -0.137. The highest BCUT2D eigenvalue weighted by atomic mass is 16.5. The van der Waals surface area contributed by atoms with Crippen molar-refractivity contribution in [2.45, 2.75) is 25.3 Å². The maximum absolute atomic E-state index is 12.7. The van der Waals surface area contributed by atoms with Crippen LogP contribution >= 0.6 is 0 Å². The van der Waals surface area contributed by atoms with Crippen LogP contribution in [0.4, 0.5) is 5.69 Å². The summed E-state index contributed by atoms with van der Waals surface area (Å²) < 4.78 is 4.98. The number of rotatable bonds is 6. The van der Waals surface area contributed by atoms with Crippen LogP contribution in [0.2, 0.25) is 0 Å². The predicted molar refractivity (Wildman–Crippen MR) is 114 cm³/mol. The normalized spacial score (nSPS) is 16.3. The van der Waals surface area contributed by atoms with Gasteiger partial charge < -0.3 is 19.9 Å². The molecule has 1 aliphatic heterocycles. The van der Waals surface area contributed by atoms with Crippen LogP contribution in [0.15, 0.2) is 54.6 Å². The molecular weight excluding hydrogens is 366 g/mol. The van der Waals surface area contributed by atoms with Crippen LogP contribution in [0.25, 0.3) is 22.2 Å². The number of fused-ring (bicyclic) bond motifs is 1. The van der Waals surface area contributed by atoms with E-state index in [9.17, 15) is 9.59 Å². The third kappa shape index (κ3) is 4.17. The van der Waals surface area contributed by atoms with Gasteiger partial charge in [0.1, 0.15) is 6.04 Å². The van der Waals surface area contributed by atoms with Gasteiger partial charge in [-0.15, -0.1) is 0 Å². The van der Waals surface area contributed by atoms with Gasteiger partial charge in [0.2, 0.25) is 11.8 Å². The average Bonchev–Trinajstić information content (AvgIpc) is 3.39. The van der Waals surface area contributed by atoms with Crippen LogP contribution in [0, 0.1) is 0 Å². The lowest BCUT2D eigenvalue weighted by atomic mass is 10.1. The van der Waals surface area contributed by atoms with E-state index in [1.165, 1.54) is 5.39 Å². The molecule has 4 rings (SSSR count). The molecule has 150 valence electrons. The number of aromatic nitrogens is 1. The zero-order valence-corrected chi connectivity index (χ0v) is 16.5. The fraction of sp³-hybridized carbons (Fsp3) is 0.304. The number of anilines is 1. The summed E-state index contributed by atoms with van der Waals surface area (Å²) in [5.74, 6) is -0.162. The summed E-state index contributed by atoms with van der Waals surface area (Å²) in [6, 6.07) is 17.6. The Morgan fingerprint density at radius 1 is 1.17 bits per heavy atom. The quantitative estimate of drug-likeness (QED) is 0.671. The Balaban J connectivity index is 1.43. The Hall–Kier alpha value is -3.12. The number of methoxy groups -OCH3 is 1. The minimum atomic E-state index is -0.410. The number of para-hydroxylation sites is 1. The highest BCUT2D eigenvalue weighted by Gasteiger charge is 2.33. The molecule has 0 aliphatic carbocycles. The second kappa shape index (κ2) is 8.49. The van der Waals surface area contributed by atoms with Gasteiger partial charge in [-0.1, -0.05) is 30.3 Å². The first-order valence-corrected chi connectivity index (χ1v) is 9.93. The molecule has 6 heteroatoms.